The van der Waals surface area contributed by atoms with Gasteiger partial charge in [0.25, 0.3) is 0 Å². The third kappa shape index (κ3) is 5.21. The summed E-state index contributed by atoms with van der Waals surface area (Å²) in [7, 11) is 0. The lowest BCUT2D eigenvalue weighted by Crippen LogP contribution is -2.17. The third-order valence-corrected chi connectivity index (χ3v) is 3.28. The van der Waals surface area contributed by atoms with Gasteiger partial charge >= 0.3 is 0 Å². The van der Waals surface area contributed by atoms with Crippen molar-refractivity contribution in [2.24, 2.45) is 0 Å². The van der Waals surface area contributed by atoms with Crippen LogP contribution < -0.4 is 10.6 Å². The van der Waals surface area contributed by atoms with Crippen molar-refractivity contribution in [3.05, 3.63) is 10.7 Å². The summed E-state index contributed by atoms with van der Waals surface area (Å²) in [4.78, 5) is 8.65. The molecule has 2 N–H and O–H groups in total. The fraction of sp³-hybridized carbons (Fsp3) is 0.692. The van der Waals surface area contributed by atoms with Gasteiger partial charge < -0.3 is 10.6 Å². The SMILES string of the molecule is CCCCCC(C)Nc1nc(NCC)ncc1Br. The first-order valence-corrected chi connectivity index (χ1v) is 7.49. The van der Waals surface area contributed by atoms with Crippen LogP contribution in [0.4, 0.5) is 11.8 Å². The summed E-state index contributed by atoms with van der Waals surface area (Å²) in [5, 5.41) is 6.55. The normalized spacial score (nSPS) is 12.2. The van der Waals surface area contributed by atoms with Gasteiger partial charge in [0.2, 0.25) is 5.95 Å². The Morgan fingerprint density at radius 1 is 1.33 bits per heavy atom. The number of hydrogen-bond donors (Lipinski definition) is 2. The van der Waals surface area contributed by atoms with Gasteiger partial charge in [0.15, 0.2) is 0 Å². The predicted molar refractivity (Wildman–Crippen MR) is 81.1 cm³/mol. The molecule has 4 nitrogen and oxygen atoms in total. The van der Waals surface area contributed by atoms with Crippen LogP contribution in [0.1, 0.15) is 46.5 Å². The van der Waals surface area contributed by atoms with Gasteiger partial charge in [-0.05, 0) is 36.2 Å². The highest BCUT2D eigenvalue weighted by Gasteiger charge is 2.08. The topological polar surface area (TPSA) is 49.8 Å². The first kappa shape index (κ1) is 15.2. The molecule has 0 aliphatic carbocycles. The number of aromatic nitrogens is 2. The van der Waals surface area contributed by atoms with Crippen molar-refractivity contribution in [3.63, 3.8) is 0 Å². The lowest BCUT2D eigenvalue weighted by atomic mass is 10.1. The minimum Gasteiger partial charge on any atom is -0.367 e. The molecule has 0 saturated heterocycles. The average Bonchev–Trinajstić information content (AvgIpc) is 2.34. The molecule has 1 rings (SSSR count). The standard InChI is InChI=1S/C13H23BrN4/c1-4-6-7-8-10(3)17-12-11(14)9-16-13(18-12)15-5-2/h9-10H,4-8H2,1-3H3,(H2,15,16,17,18). The van der Waals surface area contributed by atoms with Crippen molar-refractivity contribution in [3.8, 4) is 0 Å². The van der Waals surface area contributed by atoms with Crippen molar-refractivity contribution < 1.29 is 0 Å². The van der Waals surface area contributed by atoms with Crippen LogP contribution in [0.5, 0.6) is 0 Å². The van der Waals surface area contributed by atoms with E-state index in [0.29, 0.717) is 12.0 Å². The highest BCUT2D eigenvalue weighted by atomic mass is 79.9. The second-order valence-corrected chi connectivity index (χ2v) is 5.32. The molecule has 0 saturated carbocycles. The van der Waals surface area contributed by atoms with Crippen molar-refractivity contribution in [1.29, 1.82) is 0 Å². The smallest absolute Gasteiger partial charge is 0.224 e. The summed E-state index contributed by atoms with van der Waals surface area (Å²) in [6.45, 7) is 7.28. The van der Waals surface area contributed by atoms with E-state index in [1.807, 2.05) is 6.92 Å². The zero-order valence-corrected chi connectivity index (χ0v) is 13.0. The molecular weight excluding hydrogens is 292 g/mol. The van der Waals surface area contributed by atoms with E-state index in [1.165, 1.54) is 25.7 Å². The van der Waals surface area contributed by atoms with Gasteiger partial charge in [-0.2, -0.15) is 4.98 Å². The molecule has 0 bridgehead atoms. The molecule has 5 heteroatoms. The summed E-state index contributed by atoms with van der Waals surface area (Å²) < 4.78 is 0.909. The predicted octanol–water partition coefficient (Wildman–Crippen LogP) is 4.05. The average molecular weight is 315 g/mol. The minimum absolute atomic E-state index is 0.428. The van der Waals surface area contributed by atoms with Crippen molar-refractivity contribution in [2.45, 2.75) is 52.5 Å². The van der Waals surface area contributed by atoms with E-state index in [9.17, 15) is 0 Å². The molecule has 0 aromatic carbocycles. The molecule has 1 atom stereocenters. The maximum Gasteiger partial charge on any atom is 0.224 e. The highest BCUT2D eigenvalue weighted by Crippen LogP contribution is 2.21. The number of rotatable bonds is 8. The summed E-state index contributed by atoms with van der Waals surface area (Å²) in [6.07, 6.45) is 6.76. The number of anilines is 2. The van der Waals surface area contributed by atoms with Gasteiger partial charge in [0.05, 0.1) is 4.47 Å². The Kier molecular flexibility index (Phi) is 7.01. The molecule has 0 radical (unpaired) electrons. The van der Waals surface area contributed by atoms with Crippen LogP contribution in [0.25, 0.3) is 0 Å². The maximum absolute atomic E-state index is 4.45. The summed E-state index contributed by atoms with van der Waals surface area (Å²) >= 11 is 3.48. The molecule has 0 fully saturated rings. The van der Waals surface area contributed by atoms with Crippen LogP contribution in [-0.2, 0) is 0 Å². The van der Waals surface area contributed by atoms with Gasteiger partial charge in [0, 0.05) is 18.8 Å². The molecule has 1 aromatic heterocycles. The molecule has 1 aromatic rings. The second-order valence-electron chi connectivity index (χ2n) is 4.46. The Labute approximate surface area is 118 Å². The Morgan fingerprint density at radius 3 is 2.78 bits per heavy atom. The molecular formula is C13H23BrN4. The van der Waals surface area contributed by atoms with Gasteiger partial charge in [-0.25, -0.2) is 4.98 Å². The van der Waals surface area contributed by atoms with E-state index >= 15 is 0 Å². The molecule has 0 spiro atoms. The second kappa shape index (κ2) is 8.29. The van der Waals surface area contributed by atoms with E-state index in [4.69, 9.17) is 0 Å². The lowest BCUT2D eigenvalue weighted by molar-refractivity contribution is 0.613. The Balaban J connectivity index is 2.56. The Morgan fingerprint density at radius 2 is 2.11 bits per heavy atom. The zero-order valence-electron chi connectivity index (χ0n) is 11.5. The molecule has 0 amide bonds. The molecule has 102 valence electrons. The first-order valence-electron chi connectivity index (χ1n) is 6.70. The molecule has 18 heavy (non-hydrogen) atoms. The van der Waals surface area contributed by atoms with Gasteiger partial charge in [0.1, 0.15) is 5.82 Å². The third-order valence-electron chi connectivity index (χ3n) is 2.70. The molecule has 1 unspecified atom stereocenters. The van der Waals surface area contributed by atoms with Crippen molar-refractivity contribution >= 4 is 27.7 Å². The zero-order chi connectivity index (χ0) is 13.4. The number of hydrogen-bond acceptors (Lipinski definition) is 4. The summed E-state index contributed by atoms with van der Waals surface area (Å²) in [5.41, 5.74) is 0. The van der Waals surface area contributed by atoms with Gasteiger partial charge in [-0.3, -0.25) is 0 Å². The van der Waals surface area contributed by atoms with Crippen molar-refractivity contribution in [2.75, 3.05) is 17.2 Å². The molecule has 0 aliphatic rings. The largest absolute Gasteiger partial charge is 0.367 e. The van der Waals surface area contributed by atoms with E-state index in [2.05, 4.69) is 50.4 Å². The highest BCUT2D eigenvalue weighted by molar-refractivity contribution is 9.10. The number of halogens is 1. The number of nitrogens with zero attached hydrogens (tertiary/aromatic N) is 2. The summed E-state index contributed by atoms with van der Waals surface area (Å²) in [5.74, 6) is 1.54. The maximum atomic E-state index is 4.45. The lowest BCUT2D eigenvalue weighted by Gasteiger charge is -2.16. The van der Waals surface area contributed by atoms with Crippen LogP contribution in [0, 0.1) is 0 Å². The van der Waals surface area contributed by atoms with Gasteiger partial charge in [-0.1, -0.05) is 26.2 Å². The summed E-state index contributed by atoms with van der Waals surface area (Å²) in [6, 6.07) is 0.428. The fourth-order valence-corrected chi connectivity index (χ4v) is 2.02. The van der Waals surface area contributed by atoms with E-state index in [-0.39, 0.29) is 0 Å². The van der Waals surface area contributed by atoms with Crippen LogP contribution in [0.3, 0.4) is 0 Å². The van der Waals surface area contributed by atoms with Crippen LogP contribution in [0.15, 0.2) is 10.7 Å². The van der Waals surface area contributed by atoms with Crippen LogP contribution in [0.2, 0.25) is 0 Å². The van der Waals surface area contributed by atoms with E-state index in [0.717, 1.165) is 16.8 Å². The molecule has 0 aliphatic heterocycles. The fourth-order valence-electron chi connectivity index (χ4n) is 1.72. The van der Waals surface area contributed by atoms with E-state index < -0.39 is 0 Å². The number of nitrogens with one attached hydrogen (secondary N) is 2. The van der Waals surface area contributed by atoms with Gasteiger partial charge in [-0.15, -0.1) is 0 Å². The number of unbranched alkanes of at least 4 members (excludes halogenated alkanes) is 2. The van der Waals surface area contributed by atoms with Crippen LogP contribution >= 0.6 is 15.9 Å². The Bertz CT molecular complexity index is 357. The Hall–Kier alpha value is -0.840. The quantitative estimate of drug-likeness (QED) is 0.711. The van der Waals surface area contributed by atoms with Crippen LogP contribution in [-0.4, -0.2) is 22.6 Å². The minimum atomic E-state index is 0.428. The first-order chi connectivity index (χ1) is 8.67. The monoisotopic (exact) mass is 314 g/mol. The van der Waals surface area contributed by atoms with E-state index in [1.54, 1.807) is 6.20 Å². The van der Waals surface area contributed by atoms with Crippen molar-refractivity contribution in [1.82, 2.24) is 9.97 Å². The molecule has 1 heterocycles.